The molecule has 8 nitrogen and oxygen atoms in total. The van der Waals surface area contributed by atoms with Crippen molar-refractivity contribution in [2.45, 2.75) is 12.8 Å². The molecule has 1 amide bonds. The molecule has 2 aromatic carbocycles. The summed E-state index contributed by atoms with van der Waals surface area (Å²) >= 11 is 7.38. The second-order valence-electron chi connectivity index (χ2n) is 6.77. The third kappa shape index (κ3) is 4.44. The maximum atomic E-state index is 12.5. The van der Waals surface area contributed by atoms with Gasteiger partial charge in [0.1, 0.15) is 11.5 Å². The van der Waals surface area contributed by atoms with E-state index in [0.29, 0.717) is 27.0 Å². The number of thiazole rings is 1. The number of nitrogens with one attached hydrogen (secondary N) is 1. The van der Waals surface area contributed by atoms with Gasteiger partial charge < -0.3 is 9.47 Å². The van der Waals surface area contributed by atoms with Crippen LogP contribution in [0.1, 0.15) is 23.2 Å². The van der Waals surface area contributed by atoms with Crippen molar-refractivity contribution in [2.75, 3.05) is 19.5 Å². The Kier molecular flexibility index (Phi) is 6.38. The maximum Gasteiger partial charge on any atom is 0.250 e. The van der Waals surface area contributed by atoms with E-state index in [1.54, 1.807) is 23.8 Å². The van der Waals surface area contributed by atoms with E-state index >= 15 is 0 Å². The summed E-state index contributed by atoms with van der Waals surface area (Å²) in [6.45, 7) is 0. The molecule has 0 aliphatic rings. The lowest BCUT2D eigenvalue weighted by Gasteiger charge is -2.08. The number of anilines is 1. The Morgan fingerprint density at radius 2 is 1.88 bits per heavy atom. The highest BCUT2D eigenvalue weighted by atomic mass is 35.5. The number of halogens is 1. The number of carbonyl (C=O) groups is 2. The van der Waals surface area contributed by atoms with Gasteiger partial charge in [0.2, 0.25) is 16.8 Å². The fourth-order valence-corrected chi connectivity index (χ4v) is 4.22. The van der Waals surface area contributed by atoms with Gasteiger partial charge in [-0.15, -0.1) is 16.4 Å². The van der Waals surface area contributed by atoms with Crippen molar-refractivity contribution in [3.8, 4) is 22.8 Å². The van der Waals surface area contributed by atoms with Crippen molar-refractivity contribution in [2.24, 2.45) is 0 Å². The van der Waals surface area contributed by atoms with E-state index in [-0.39, 0.29) is 30.5 Å². The molecule has 1 N–H and O–H groups in total. The van der Waals surface area contributed by atoms with E-state index in [1.807, 2.05) is 29.6 Å². The maximum absolute atomic E-state index is 12.5. The van der Waals surface area contributed by atoms with Gasteiger partial charge >= 0.3 is 0 Å². The third-order valence-electron chi connectivity index (χ3n) is 4.76. The molecular formula is C22H19ClN4O4S. The van der Waals surface area contributed by atoms with Gasteiger partial charge in [-0.3, -0.25) is 14.9 Å². The molecule has 32 heavy (non-hydrogen) atoms. The Hall–Kier alpha value is -3.43. The van der Waals surface area contributed by atoms with Crippen LogP contribution in [-0.2, 0) is 4.79 Å². The molecule has 2 heterocycles. The number of benzene rings is 2. The average Bonchev–Trinajstić information content (AvgIpc) is 3.37. The number of methoxy groups -OCH3 is 2. The summed E-state index contributed by atoms with van der Waals surface area (Å²) in [5, 5.41) is 9.40. The van der Waals surface area contributed by atoms with E-state index < -0.39 is 0 Å². The molecule has 0 aliphatic heterocycles. The summed E-state index contributed by atoms with van der Waals surface area (Å²) in [7, 11) is 3.08. The Bertz CT molecular complexity index is 1300. The summed E-state index contributed by atoms with van der Waals surface area (Å²) in [6, 6.07) is 12.4. The van der Waals surface area contributed by atoms with Gasteiger partial charge in [-0.2, -0.15) is 4.98 Å². The molecule has 4 rings (SSSR count). The number of nitrogens with zero attached hydrogens (tertiary/aromatic N) is 3. The van der Waals surface area contributed by atoms with Gasteiger partial charge in [0.25, 0.3) is 0 Å². The van der Waals surface area contributed by atoms with Crippen LogP contribution in [0, 0.1) is 0 Å². The monoisotopic (exact) mass is 470 g/mol. The first-order chi connectivity index (χ1) is 15.5. The molecule has 0 aliphatic carbocycles. The zero-order valence-corrected chi connectivity index (χ0v) is 18.9. The standard InChI is InChI=1S/C22H19ClN4O4S/c1-30-18-6-4-3-5-14(18)16-12-32-22-25-21(26-27(16)22)24-20(29)10-8-17(28)15-11-13(23)7-9-19(15)31-2/h3-7,9,11-12H,8,10H2,1-2H3,(H,24,26,29). The normalized spacial score (nSPS) is 10.8. The molecular weight excluding hydrogens is 452 g/mol. The SMILES string of the molecule is COc1ccc(Cl)cc1C(=O)CCC(=O)Nc1nc2scc(-c3ccccc3OC)n2n1. The smallest absolute Gasteiger partial charge is 0.250 e. The molecule has 0 saturated heterocycles. The van der Waals surface area contributed by atoms with Crippen LogP contribution in [0.25, 0.3) is 16.2 Å². The molecule has 4 aromatic rings. The highest BCUT2D eigenvalue weighted by Crippen LogP contribution is 2.32. The van der Waals surface area contributed by atoms with Crippen molar-refractivity contribution in [3.05, 3.63) is 58.4 Å². The molecule has 0 bridgehead atoms. The fourth-order valence-electron chi connectivity index (χ4n) is 3.22. The van der Waals surface area contributed by atoms with E-state index in [9.17, 15) is 9.59 Å². The minimum absolute atomic E-state index is 0.00276. The van der Waals surface area contributed by atoms with Crippen LogP contribution in [0.4, 0.5) is 5.95 Å². The summed E-state index contributed by atoms with van der Waals surface area (Å²) in [4.78, 5) is 29.9. The number of Topliss-reactive ketones (excluding diaryl/α,β-unsaturated/α-hetero) is 1. The largest absolute Gasteiger partial charge is 0.496 e. The average molecular weight is 471 g/mol. The van der Waals surface area contributed by atoms with Gasteiger partial charge in [-0.05, 0) is 30.3 Å². The number of hydrogen-bond acceptors (Lipinski definition) is 7. The van der Waals surface area contributed by atoms with Crippen LogP contribution in [0.15, 0.2) is 47.8 Å². The first kappa shape index (κ1) is 21.8. The summed E-state index contributed by atoms with van der Waals surface area (Å²) in [5.74, 6) is 0.696. The first-order valence-corrected chi connectivity index (χ1v) is 10.9. The van der Waals surface area contributed by atoms with Crippen LogP contribution >= 0.6 is 22.9 Å². The second-order valence-corrected chi connectivity index (χ2v) is 8.04. The molecule has 0 radical (unpaired) electrons. The first-order valence-electron chi connectivity index (χ1n) is 9.64. The van der Waals surface area contributed by atoms with Crippen LogP contribution in [0.2, 0.25) is 5.02 Å². The topological polar surface area (TPSA) is 94.8 Å². The quantitative estimate of drug-likeness (QED) is 0.374. The Labute approximate surface area is 192 Å². The Balaban J connectivity index is 1.45. The second kappa shape index (κ2) is 9.37. The zero-order valence-electron chi connectivity index (χ0n) is 17.3. The summed E-state index contributed by atoms with van der Waals surface area (Å²) in [6.07, 6.45) is -0.0298. The fraction of sp³-hybridized carbons (Fsp3) is 0.182. The van der Waals surface area contributed by atoms with Crippen molar-refractivity contribution in [1.82, 2.24) is 14.6 Å². The molecule has 10 heteroatoms. The van der Waals surface area contributed by atoms with Crippen LogP contribution in [0.3, 0.4) is 0 Å². The van der Waals surface area contributed by atoms with E-state index in [2.05, 4.69) is 15.4 Å². The molecule has 0 spiro atoms. The predicted octanol–water partition coefficient (Wildman–Crippen LogP) is 4.73. The van der Waals surface area contributed by atoms with Gasteiger partial charge in [0, 0.05) is 28.8 Å². The predicted molar refractivity (Wildman–Crippen MR) is 123 cm³/mol. The minimum atomic E-state index is -0.364. The van der Waals surface area contributed by atoms with Crippen LogP contribution in [0.5, 0.6) is 11.5 Å². The highest BCUT2D eigenvalue weighted by Gasteiger charge is 2.18. The Morgan fingerprint density at radius 1 is 1.09 bits per heavy atom. The van der Waals surface area contributed by atoms with E-state index in [1.165, 1.54) is 24.5 Å². The Morgan fingerprint density at radius 3 is 2.66 bits per heavy atom. The molecule has 164 valence electrons. The highest BCUT2D eigenvalue weighted by molar-refractivity contribution is 7.15. The van der Waals surface area contributed by atoms with E-state index in [0.717, 1.165) is 11.3 Å². The van der Waals surface area contributed by atoms with E-state index in [4.69, 9.17) is 21.1 Å². The van der Waals surface area contributed by atoms with Crippen molar-refractivity contribution < 1.29 is 19.1 Å². The number of ether oxygens (including phenoxy) is 2. The van der Waals surface area contributed by atoms with Crippen molar-refractivity contribution in [3.63, 3.8) is 0 Å². The molecule has 2 aromatic heterocycles. The zero-order chi connectivity index (χ0) is 22.7. The molecule has 0 unspecified atom stereocenters. The van der Waals surface area contributed by atoms with Crippen LogP contribution < -0.4 is 14.8 Å². The number of hydrogen-bond donors (Lipinski definition) is 1. The lowest BCUT2D eigenvalue weighted by Crippen LogP contribution is -2.15. The van der Waals surface area contributed by atoms with Gasteiger partial charge in [0.05, 0.1) is 25.5 Å². The van der Waals surface area contributed by atoms with Crippen molar-refractivity contribution in [1.29, 1.82) is 0 Å². The number of amides is 1. The molecule has 0 saturated carbocycles. The number of aromatic nitrogens is 3. The lowest BCUT2D eigenvalue weighted by atomic mass is 10.1. The number of carbonyl (C=O) groups excluding carboxylic acids is 2. The summed E-state index contributed by atoms with van der Waals surface area (Å²) < 4.78 is 12.3. The van der Waals surface area contributed by atoms with Crippen molar-refractivity contribution >= 4 is 45.5 Å². The number of fused-ring (bicyclic) bond motifs is 1. The minimum Gasteiger partial charge on any atom is -0.496 e. The van der Waals surface area contributed by atoms with Gasteiger partial charge in [-0.1, -0.05) is 23.7 Å². The van der Waals surface area contributed by atoms with Crippen LogP contribution in [-0.4, -0.2) is 40.5 Å². The lowest BCUT2D eigenvalue weighted by molar-refractivity contribution is -0.116. The molecule has 0 atom stereocenters. The number of rotatable bonds is 8. The number of para-hydroxylation sites is 1. The third-order valence-corrected chi connectivity index (χ3v) is 5.81. The van der Waals surface area contributed by atoms with Gasteiger partial charge in [0.15, 0.2) is 5.78 Å². The summed E-state index contributed by atoms with van der Waals surface area (Å²) in [5.41, 5.74) is 2.01. The molecule has 0 fully saturated rings. The van der Waals surface area contributed by atoms with Gasteiger partial charge in [-0.25, -0.2) is 4.52 Å². The number of ketones is 1.